The average Bonchev–Trinajstić information content (AvgIpc) is 3.02. The van der Waals surface area contributed by atoms with Crippen molar-refractivity contribution in [1.82, 2.24) is 10.3 Å². The van der Waals surface area contributed by atoms with Crippen LogP contribution < -0.4 is 25.8 Å². The number of ether oxygens (including phenoxy) is 2. The number of anilines is 1. The minimum absolute atomic E-state index is 0.0195. The van der Waals surface area contributed by atoms with Gasteiger partial charge in [0.2, 0.25) is 5.91 Å². The van der Waals surface area contributed by atoms with Crippen LogP contribution in [0.5, 0.6) is 11.5 Å². The molecule has 0 aliphatic rings. The Balaban J connectivity index is 1.37. The summed E-state index contributed by atoms with van der Waals surface area (Å²) in [6, 6.07) is 31.5. The van der Waals surface area contributed by atoms with E-state index in [4.69, 9.17) is 20.6 Å². The van der Waals surface area contributed by atoms with Gasteiger partial charge in [0, 0.05) is 29.4 Å². The molecule has 0 aliphatic heterocycles. The van der Waals surface area contributed by atoms with Crippen LogP contribution in [0, 0.1) is 5.41 Å². The number of hydrogen-bond acceptors (Lipinski definition) is 6. The summed E-state index contributed by atoms with van der Waals surface area (Å²) < 4.78 is 11.8. The molecule has 0 aliphatic carbocycles. The molecule has 0 saturated heterocycles. The van der Waals surface area contributed by atoms with E-state index in [1.807, 2.05) is 72.8 Å². The fraction of sp³-hybridized carbons (Fsp3) is 0.121. The summed E-state index contributed by atoms with van der Waals surface area (Å²) in [5.74, 6) is 0.848. The lowest BCUT2D eigenvalue weighted by Crippen LogP contribution is -2.33. The first kappa shape index (κ1) is 27.2. The summed E-state index contributed by atoms with van der Waals surface area (Å²) in [5.41, 5.74) is 10.5. The SMILES string of the molecule is COc1cc([C@H](Nc2ccc(C(=N)N)cc2)C(=O)NCc2ccccc2)ccc1OCc1ccc2cccnc2c1. The average molecular weight is 546 g/mol. The molecule has 1 atom stereocenters. The van der Waals surface area contributed by atoms with Gasteiger partial charge in [0.1, 0.15) is 18.5 Å². The smallest absolute Gasteiger partial charge is 0.247 e. The zero-order valence-electron chi connectivity index (χ0n) is 22.6. The molecule has 1 amide bonds. The van der Waals surface area contributed by atoms with E-state index in [1.54, 1.807) is 43.6 Å². The lowest BCUT2D eigenvalue weighted by molar-refractivity contribution is -0.122. The highest BCUT2D eigenvalue weighted by Gasteiger charge is 2.22. The minimum atomic E-state index is -0.726. The molecular weight excluding hydrogens is 514 g/mol. The van der Waals surface area contributed by atoms with E-state index in [1.165, 1.54) is 0 Å². The molecular formula is C33H31N5O3. The van der Waals surface area contributed by atoms with Gasteiger partial charge in [0.25, 0.3) is 0 Å². The third kappa shape index (κ3) is 6.80. The molecule has 5 N–H and O–H groups in total. The molecule has 0 spiro atoms. The van der Waals surface area contributed by atoms with Gasteiger partial charge in [-0.1, -0.05) is 54.6 Å². The van der Waals surface area contributed by atoms with Gasteiger partial charge in [-0.25, -0.2) is 0 Å². The van der Waals surface area contributed by atoms with Crippen LogP contribution in [0.3, 0.4) is 0 Å². The number of nitrogen functional groups attached to an aromatic ring is 1. The quantitative estimate of drug-likeness (QED) is 0.127. The monoisotopic (exact) mass is 545 g/mol. The highest BCUT2D eigenvalue weighted by molar-refractivity contribution is 5.95. The number of pyridine rings is 1. The summed E-state index contributed by atoms with van der Waals surface area (Å²) in [5, 5.41) is 15.1. The van der Waals surface area contributed by atoms with E-state index in [0.717, 1.165) is 22.0 Å². The third-order valence-electron chi connectivity index (χ3n) is 6.66. The number of benzene rings is 4. The predicted molar refractivity (Wildman–Crippen MR) is 161 cm³/mol. The molecule has 5 rings (SSSR count). The van der Waals surface area contributed by atoms with Crippen molar-refractivity contribution < 1.29 is 14.3 Å². The lowest BCUT2D eigenvalue weighted by Gasteiger charge is -2.22. The number of amidine groups is 1. The maximum Gasteiger partial charge on any atom is 0.247 e. The van der Waals surface area contributed by atoms with Crippen LogP contribution in [0.25, 0.3) is 10.9 Å². The first-order chi connectivity index (χ1) is 20.0. The molecule has 5 aromatic rings. The van der Waals surface area contributed by atoms with Gasteiger partial charge >= 0.3 is 0 Å². The summed E-state index contributed by atoms with van der Waals surface area (Å²) in [6.07, 6.45) is 1.77. The number of nitrogens with one attached hydrogen (secondary N) is 3. The number of aromatic nitrogens is 1. The Labute approximate surface area is 238 Å². The van der Waals surface area contributed by atoms with Crippen LogP contribution in [-0.2, 0) is 17.9 Å². The molecule has 41 heavy (non-hydrogen) atoms. The Morgan fingerprint density at radius 1 is 0.902 bits per heavy atom. The van der Waals surface area contributed by atoms with Crippen LogP contribution in [0.1, 0.15) is 28.3 Å². The van der Waals surface area contributed by atoms with Crippen LogP contribution in [-0.4, -0.2) is 23.8 Å². The molecule has 0 unspecified atom stereocenters. The van der Waals surface area contributed by atoms with Crippen molar-refractivity contribution in [1.29, 1.82) is 5.41 Å². The number of rotatable bonds is 11. The maximum absolute atomic E-state index is 13.5. The second kappa shape index (κ2) is 12.7. The highest BCUT2D eigenvalue weighted by atomic mass is 16.5. The van der Waals surface area contributed by atoms with Gasteiger partial charge in [-0.05, 0) is 65.2 Å². The van der Waals surface area contributed by atoms with Gasteiger partial charge in [0.05, 0.1) is 12.6 Å². The Kier molecular flexibility index (Phi) is 8.40. The number of nitrogens with two attached hydrogens (primary N) is 1. The fourth-order valence-electron chi connectivity index (χ4n) is 4.45. The van der Waals surface area contributed by atoms with E-state index in [9.17, 15) is 4.79 Å². The van der Waals surface area contributed by atoms with Crippen molar-refractivity contribution in [2.45, 2.75) is 19.2 Å². The number of carbonyl (C=O) groups is 1. The number of carbonyl (C=O) groups excluding carboxylic acids is 1. The van der Waals surface area contributed by atoms with Crippen molar-refractivity contribution in [3.63, 3.8) is 0 Å². The molecule has 4 aromatic carbocycles. The number of nitrogens with zero attached hydrogens (tertiary/aromatic N) is 1. The topological polar surface area (TPSA) is 122 Å². The lowest BCUT2D eigenvalue weighted by atomic mass is 10.0. The molecule has 8 nitrogen and oxygen atoms in total. The van der Waals surface area contributed by atoms with Crippen LogP contribution in [0.15, 0.2) is 109 Å². The molecule has 0 saturated carbocycles. The normalized spacial score (nSPS) is 11.4. The molecule has 206 valence electrons. The second-order valence-corrected chi connectivity index (χ2v) is 9.50. The van der Waals surface area contributed by atoms with E-state index in [-0.39, 0.29) is 11.7 Å². The predicted octanol–water partition coefficient (Wildman–Crippen LogP) is 5.58. The van der Waals surface area contributed by atoms with Crippen molar-refractivity contribution in [2.75, 3.05) is 12.4 Å². The zero-order valence-corrected chi connectivity index (χ0v) is 22.6. The van der Waals surface area contributed by atoms with Gasteiger partial charge in [-0.3, -0.25) is 15.2 Å². The van der Waals surface area contributed by atoms with Gasteiger partial charge < -0.3 is 25.8 Å². The van der Waals surface area contributed by atoms with E-state index in [2.05, 4.69) is 15.6 Å². The van der Waals surface area contributed by atoms with Gasteiger partial charge in [-0.2, -0.15) is 0 Å². The zero-order chi connectivity index (χ0) is 28.6. The van der Waals surface area contributed by atoms with Gasteiger partial charge in [0.15, 0.2) is 11.5 Å². The summed E-state index contributed by atoms with van der Waals surface area (Å²) in [4.78, 5) is 17.9. The van der Waals surface area contributed by atoms with E-state index >= 15 is 0 Å². The van der Waals surface area contributed by atoms with Crippen LogP contribution in [0.4, 0.5) is 5.69 Å². The Morgan fingerprint density at radius 3 is 2.46 bits per heavy atom. The largest absolute Gasteiger partial charge is 0.493 e. The number of hydrogen-bond donors (Lipinski definition) is 4. The third-order valence-corrected chi connectivity index (χ3v) is 6.66. The summed E-state index contributed by atoms with van der Waals surface area (Å²) >= 11 is 0. The molecule has 0 radical (unpaired) electrons. The molecule has 0 bridgehead atoms. The van der Waals surface area contributed by atoms with Crippen molar-refractivity contribution >= 4 is 28.3 Å². The number of fused-ring (bicyclic) bond motifs is 1. The van der Waals surface area contributed by atoms with Crippen LogP contribution >= 0.6 is 0 Å². The number of amides is 1. The van der Waals surface area contributed by atoms with Gasteiger partial charge in [-0.15, -0.1) is 0 Å². The fourth-order valence-corrected chi connectivity index (χ4v) is 4.45. The van der Waals surface area contributed by atoms with Crippen molar-refractivity contribution in [2.24, 2.45) is 5.73 Å². The van der Waals surface area contributed by atoms with Crippen molar-refractivity contribution in [3.8, 4) is 11.5 Å². The molecule has 1 heterocycles. The van der Waals surface area contributed by atoms with E-state index < -0.39 is 6.04 Å². The first-order valence-electron chi connectivity index (χ1n) is 13.2. The molecule has 8 heteroatoms. The summed E-state index contributed by atoms with van der Waals surface area (Å²) in [7, 11) is 1.57. The Hall–Kier alpha value is -5.37. The maximum atomic E-state index is 13.5. The Morgan fingerprint density at radius 2 is 1.71 bits per heavy atom. The first-order valence-corrected chi connectivity index (χ1v) is 13.2. The highest BCUT2D eigenvalue weighted by Crippen LogP contribution is 2.32. The minimum Gasteiger partial charge on any atom is -0.493 e. The van der Waals surface area contributed by atoms with Crippen molar-refractivity contribution in [3.05, 3.63) is 132 Å². The summed E-state index contributed by atoms with van der Waals surface area (Å²) in [6.45, 7) is 0.726. The second-order valence-electron chi connectivity index (χ2n) is 9.50. The number of methoxy groups -OCH3 is 1. The molecule has 1 aromatic heterocycles. The molecule has 0 fully saturated rings. The standard InChI is InChI=1S/C33H31N5O3/c1-40-30-19-26(13-16-29(30)41-21-23-9-10-24-8-5-17-36-28(24)18-23)31(33(39)37-20-22-6-3-2-4-7-22)38-27-14-11-25(12-15-27)32(34)35/h2-19,31,38H,20-21H2,1H3,(H3,34,35)(H,37,39)/t31-/m0/s1. The Bertz CT molecular complexity index is 1660. The van der Waals surface area contributed by atoms with Crippen LogP contribution in [0.2, 0.25) is 0 Å². The van der Waals surface area contributed by atoms with E-state index in [0.29, 0.717) is 41.5 Å².